The fourth-order valence-corrected chi connectivity index (χ4v) is 2.73. The maximum absolute atomic E-state index is 5.93. The van der Waals surface area contributed by atoms with Gasteiger partial charge < -0.3 is 14.9 Å². The van der Waals surface area contributed by atoms with E-state index >= 15 is 0 Å². The van der Waals surface area contributed by atoms with E-state index < -0.39 is 0 Å². The molecule has 0 atom stereocenters. The van der Waals surface area contributed by atoms with Crippen LogP contribution in [-0.4, -0.2) is 29.1 Å². The van der Waals surface area contributed by atoms with Crippen molar-refractivity contribution < 1.29 is 0 Å². The molecule has 1 aromatic carbocycles. The number of anilines is 1. The van der Waals surface area contributed by atoms with Crippen molar-refractivity contribution in [3.8, 4) is 22.8 Å². The zero-order valence-corrected chi connectivity index (χ0v) is 12.8. The summed E-state index contributed by atoms with van der Waals surface area (Å²) >= 11 is 0. The Morgan fingerprint density at radius 3 is 2.52 bits per heavy atom. The number of imidazole rings is 2. The van der Waals surface area contributed by atoms with Gasteiger partial charge in [0.05, 0.1) is 12.0 Å². The topological polar surface area (TPSA) is 87.4 Å². The van der Waals surface area contributed by atoms with E-state index in [1.165, 1.54) is 6.33 Å². The number of nitrogens with two attached hydrogens (primary N) is 1. The lowest BCUT2D eigenvalue weighted by Gasteiger charge is -2.06. The van der Waals surface area contributed by atoms with E-state index in [-0.39, 0.29) is 0 Å². The van der Waals surface area contributed by atoms with Crippen LogP contribution in [0.2, 0.25) is 0 Å². The fourth-order valence-electron chi connectivity index (χ4n) is 2.73. The van der Waals surface area contributed by atoms with Crippen LogP contribution in [0.25, 0.3) is 33.9 Å². The molecule has 0 aliphatic rings. The molecule has 0 radical (unpaired) electrons. The third kappa shape index (κ3) is 1.97. The van der Waals surface area contributed by atoms with Gasteiger partial charge in [-0.3, -0.25) is 0 Å². The number of aryl methyl sites for hydroxylation is 2. The number of fused-ring (bicyclic) bond motifs is 1. The fraction of sp³-hybridized carbons (Fsp3) is 0.125. The Hall–Kier alpha value is -3.22. The highest BCUT2D eigenvalue weighted by atomic mass is 15.2. The molecule has 3 aromatic heterocycles. The van der Waals surface area contributed by atoms with Gasteiger partial charge in [-0.05, 0) is 0 Å². The molecule has 7 heteroatoms. The summed E-state index contributed by atoms with van der Waals surface area (Å²) in [6.07, 6.45) is 3.23. The number of rotatable bonds is 2. The Balaban J connectivity index is 2.01. The summed E-state index contributed by atoms with van der Waals surface area (Å²) in [5.74, 6) is 1.13. The van der Waals surface area contributed by atoms with E-state index in [0.29, 0.717) is 17.0 Å². The zero-order valence-electron chi connectivity index (χ0n) is 12.8. The minimum Gasteiger partial charge on any atom is -0.382 e. The molecule has 23 heavy (non-hydrogen) atoms. The van der Waals surface area contributed by atoms with Gasteiger partial charge in [-0.2, -0.15) is 0 Å². The summed E-state index contributed by atoms with van der Waals surface area (Å²) in [5.41, 5.74) is 10.1. The number of nitrogens with zero attached hydrogens (tertiary/aromatic N) is 6. The number of nitrogen functional groups attached to an aromatic ring is 1. The van der Waals surface area contributed by atoms with Gasteiger partial charge in [0.2, 0.25) is 0 Å². The second-order valence-electron chi connectivity index (χ2n) is 5.34. The van der Waals surface area contributed by atoms with Gasteiger partial charge in [0, 0.05) is 19.7 Å². The van der Waals surface area contributed by atoms with Crippen molar-refractivity contribution in [3.05, 3.63) is 43.0 Å². The largest absolute Gasteiger partial charge is 0.382 e. The van der Waals surface area contributed by atoms with Crippen molar-refractivity contribution in [2.24, 2.45) is 14.1 Å². The van der Waals surface area contributed by atoms with Gasteiger partial charge in [0.25, 0.3) is 0 Å². The third-order valence-corrected chi connectivity index (χ3v) is 3.88. The van der Waals surface area contributed by atoms with Crippen LogP contribution in [0, 0.1) is 0 Å². The molecule has 0 amide bonds. The molecule has 0 bridgehead atoms. The number of hydrogen-bond acceptors (Lipinski definition) is 5. The van der Waals surface area contributed by atoms with Gasteiger partial charge in [0.1, 0.15) is 12.0 Å². The van der Waals surface area contributed by atoms with Crippen LogP contribution in [0.4, 0.5) is 5.82 Å². The maximum Gasteiger partial charge on any atom is 0.165 e. The standard InChI is InChI=1S/C16H15N7/c1-22-9-20-11(10-6-4-3-5-7-10)13(22)16-21-12-14(17)18-8-19-15(12)23(16)2/h3-9H,1-2H3,(H2,17,18,19). The van der Waals surface area contributed by atoms with Crippen LogP contribution in [0.1, 0.15) is 0 Å². The van der Waals surface area contributed by atoms with Crippen molar-refractivity contribution in [2.45, 2.75) is 0 Å². The van der Waals surface area contributed by atoms with Crippen LogP contribution in [0.3, 0.4) is 0 Å². The highest BCUT2D eigenvalue weighted by Gasteiger charge is 2.20. The van der Waals surface area contributed by atoms with Crippen LogP contribution in [-0.2, 0) is 14.1 Å². The average Bonchev–Trinajstić information content (AvgIpc) is 3.10. The van der Waals surface area contributed by atoms with Crippen molar-refractivity contribution in [1.82, 2.24) is 29.1 Å². The van der Waals surface area contributed by atoms with E-state index in [0.717, 1.165) is 22.8 Å². The van der Waals surface area contributed by atoms with Crippen molar-refractivity contribution in [3.63, 3.8) is 0 Å². The molecule has 2 N–H and O–H groups in total. The Bertz CT molecular complexity index is 998. The second-order valence-corrected chi connectivity index (χ2v) is 5.34. The quantitative estimate of drug-likeness (QED) is 0.612. The molecule has 0 spiro atoms. The molecule has 0 aliphatic carbocycles. The lowest BCUT2D eigenvalue weighted by atomic mass is 10.1. The van der Waals surface area contributed by atoms with Crippen LogP contribution in [0.5, 0.6) is 0 Å². The first kappa shape index (κ1) is 13.4. The maximum atomic E-state index is 5.93. The molecule has 114 valence electrons. The Morgan fingerprint density at radius 2 is 1.78 bits per heavy atom. The summed E-state index contributed by atoms with van der Waals surface area (Å²) in [5, 5.41) is 0. The first-order valence-corrected chi connectivity index (χ1v) is 7.17. The summed E-state index contributed by atoms with van der Waals surface area (Å²) in [6, 6.07) is 10.0. The number of benzene rings is 1. The lowest BCUT2D eigenvalue weighted by molar-refractivity contribution is 0.876. The van der Waals surface area contributed by atoms with Gasteiger partial charge >= 0.3 is 0 Å². The zero-order chi connectivity index (χ0) is 16.0. The highest BCUT2D eigenvalue weighted by molar-refractivity contribution is 5.87. The summed E-state index contributed by atoms with van der Waals surface area (Å²) < 4.78 is 3.87. The van der Waals surface area contributed by atoms with Crippen LogP contribution < -0.4 is 5.73 Å². The van der Waals surface area contributed by atoms with Crippen molar-refractivity contribution >= 4 is 17.0 Å². The predicted octanol–water partition coefficient (Wildman–Crippen LogP) is 2.01. The average molecular weight is 305 g/mol. The minimum absolute atomic E-state index is 0.375. The summed E-state index contributed by atoms with van der Waals surface area (Å²) in [7, 11) is 3.86. The molecular formula is C16H15N7. The van der Waals surface area contributed by atoms with Gasteiger partial charge in [0.15, 0.2) is 22.8 Å². The molecule has 0 saturated carbocycles. The molecule has 0 aliphatic heterocycles. The van der Waals surface area contributed by atoms with Crippen LogP contribution >= 0.6 is 0 Å². The molecule has 0 fully saturated rings. The summed E-state index contributed by atoms with van der Waals surface area (Å²) in [4.78, 5) is 17.5. The Morgan fingerprint density at radius 1 is 1.00 bits per heavy atom. The lowest BCUT2D eigenvalue weighted by Crippen LogP contribution is -2.00. The van der Waals surface area contributed by atoms with E-state index in [2.05, 4.69) is 19.9 Å². The van der Waals surface area contributed by atoms with Crippen molar-refractivity contribution in [1.29, 1.82) is 0 Å². The summed E-state index contributed by atoms with van der Waals surface area (Å²) in [6.45, 7) is 0. The van der Waals surface area contributed by atoms with E-state index in [1.807, 2.05) is 53.6 Å². The van der Waals surface area contributed by atoms with Gasteiger partial charge in [-0.25, -0.2) is 19.9 Å². The molecular weight excluding hydrogens is 290 g/mol. The second kappa shape index (κ2) is 4.91. The molecule has 3 heterocycles. The van der Waals surface area contributed by atoms with Gasteiger partial charge in [-0.1, -0.05) is 30.3 Å². The minimum atomic E-state index is 0.375. The first-order chi connectivity index (χ1) is 11.2. The molecule has 7 nitrogen and oxygen atoms in total. The third-order valence-electron chi connectivity index (χ3n) is 3.88. The van der Waals surface area contributed by atoms with Crippen LogP contribution in [0.15, 0.2) is 43.0 Å². The SMILES string of the molecule is Cn1cnc(-c2ccccc2)c1-c1nc2c(N)ncnc2n1C. The predicted molar refractivity (Wildman–Crippen MR) is 88.4 cm³/mol. The Kier molecular flexibility index (Phi) is 2.87. The monoisotopic (exact) mass is 305 g/mol. The van der Waals surface area contributed by atoms with Gasteiger partial charge in [-0.15, -0.1) is 0 Å². The van der Waals surface area contributed by atoms with E-state index in [4.69, 9.17) is 5.73 Å². The number of hydrogen-bond donors (Lipinski definition) is 1. The molecule has 4 aromatic rings. The molecule has 4 rings (SSSR count). The molecule has 0 unspecified atom stereocenters. The van der Waals surface area contributed by atoms with E-state index in [9.17, 15) is 0 Å². The van der Waals surface area contributed by atoms with Crippen molar-refractivity contribution in [2.75, 3.05) is 5.73 Å². The number of aromatic nitrogens is 6. The van der Waals surface area contributed by atoms with E-state index in [1.54, 1.807) is 6.33 Å². The molecule has 0 saturated heterocycles. The smallest absolute Gasteiger partial charge is 0.165 e. The Labute approximate surface area is 132 Å². The normalized spacial score (nSPS) is 11.2. The first-order valence-electron chi connectivity index (χ1n) is 7.17. The highest BCUT2D eigenvalue weighted by Crippen LogP contribution is 2.31.